The molecule has 0 saturated heterocycles. The molecule has 0 unspecified atom stereocenters. The Kier molecular flexibility index (Phi) is 7.49. The molecule has 0 bridgehead atoms. The quantitative estimate of drug-likeness (QED) is 0.575. The van der Waals surface area contributed by atoms with E-state index in [2.05, 4.69) is 13.2 Å². The van der Waals surface area contributed by atoms with E-state index in [-0.39, 0.29) is 19.5 Å². The fraction of sp³-hybridized carbons (Fsp3) is 0. The molecule has 15 heavy (non-hydrogen) atoms. The summed E-state index contributed by atoms with van der Waals surface area (Å²) in [6.45, 7) is 7.21. The predicted octanol–water partition coefficient (Wildman–Crippen LogP) is 4.09. The van der Waals surface area contributed by atoms with Gasteiger partial charge in [-0.05, 0) is 0 Å². The van der Waals surface area contributed by atoms with Crippen LogP contribution in [0.25, 0.3) is 12.2 Å². The Hall–Kier alpha value is -1.20. The molecular formula is C14H14Ru. The first-order chi connectivity index (χ1) is 6.86. The van der Waals surface area contributed by atoms with Gasteiger partial charge in [0.1, 0.15) is 0 Å². The molecule has 78 valence electrons. The average molecular weight is 283 g/mol. The van der Waals surface area contributed by atoms with Crippen LogP contribution in [0.3, 0.4) is 0 Å². The topological polar surface area (TPSA) is 0 Å². The van der Waals surface area contributed by atoms with Crippen LogP contribution in [0.4, 0.5) is 0 Å². The predicted molar refractivity (Wildman–Crippen MR) is 64.3 cm³/mol. The fourth-order valence-electron chi connectivity index (χ4n) is 1.05. The van der Waals surface area contributed by atoms with Crippen molar-refractivity contribution in [3.05, 3.63) is 72.8 Å². The van der Waals surface area contributed by atoms with Crippen molar-refractivity contribution < 1.29 is 19.5 Å². The summed E-state index contributed by atoms with van der Waals surface area (Å²) < 4.78 is 0. The van der Waals surface area contributed by atoms with E-state index in [1.165, 1.54) is 11.1 Å². The molecule has 0 radical (unpaired) electrons. The summed E-state index contributed by atoms with van der Waals surface area (Å²) in [5.41, 5.74) is 2.39. The van der Waals surface area contributed by atoms with Gasteiger partial charge < -0.3 is 0 Å². The van der Waals surface area contributed by atoms with E-state index in [0.717, 1.165) is 0 Å². The molecule has 2 rings (SSSR count). The van der Waals surface area contributed by atoms with E-state index in [0.29, 0.717) is 0 Å². The van der Waals surface area contributed by atoms with E-state index in [4.69, 9.17) is 0 Å². The molecule has 2 aromatic carbocycles. The third-order valence-electron chi connectivity index (χ3n) is 1.85. The van der Waals surface area contributed by atoms with Crippen LogP contribution in [-0.4, -0.2) is 0 Å². The van der Waals surface area contributed by atoms with Gasteiger partial charge in [0, 0.05) is 0 Å². The van der Waals surface area contributed by atoms with Gasteiger partial charge in [0.2, 0.25) is 0 Å². The van der Waals surface area contributed by atoms with E-state index < -0.39 is 0 Å². The third-order valence-corrected chi connectivity index (χ3v) is 1.85. The minimum absolute atomic E-state index is 0. The molecule has 0 fully saturated rings. The summed E-state index contributed by atoms with van der Waals surface area (Å²) in [4.78, 5) is 0. The maximum atomic E-state index is 3.60. The third kappa shape index (κ3) is 5.29. The van der Waals surface area contributed by atoms with E-state index in [9.17, 15) is 0 Å². The van der Waals surface area contributed by atoms with Crippen molar-refractivity contribution in [2.45, 2.75) is 0 Å². The van der Waals surface area contributed by atoms with Crippen LogP contribution in [0.1, 0.15) is 11.1 Å². The Morgan fingerprint density at radius 3 is 1.07 bits per heavy atom. The van der Waals surface area contributed by atoms with Crippen LogP contribution in [0.5, 0.6) is 0 Å². The van der Waals surface area contributed by atoms with Crippen LogP contribution >= 0.6 is 0 Å². The number of rotatable bonds is 2. The summed E-state index contributed by atoms with van der Waals surface area (Å²) in [7, 11) is 0. The molecule has 0 atom stereocenters. The second kappa shape index (κ2) is 8.14. The molecule has 0 spiro atoms. The van der Waals surface area contributed by atoms with Crippen molar-refractivity contribution in [3.63, 3.8) is 0 Å². The zero-order valence-electron chi connectivity index (χ0n) is 8.54. The molecule has 0 amide bonds. The summed E-state index contributed by atoms with van der Waals surface area (Å²) in [6, 6.07) is 16.1. The first kappa shape index (κ1) is 13.8. The van der Waals surface area contributed by atoms with Crippen molar-refractivity contribution in [2.75, 3.05) is 0 Å². The van der Waals surface area contributed by atoms with Crippen LogP contribution in [0.2, 0.25) is 0 Å². The van der Waals surface area contributed by atoms with Crippen LogP contribution in [0, 0.1) is 0 Å². The molecule has 2 aromatic rings. The van der Waals surface area contributed by atoms with Gasteiger partial charge in [-0.15, -0.1) is 47.5 Å². The zero-order valence-corrected chi connectivity index (χ0v) is 10.3. The second-order valence-electron chi connectivity index (χ2n) is 2.84. The Morgan fingerprint density at radius 2 is 0.933 bits per heavy atom. The van der Waals surface area contributed by atoms with E-state index in [1.807, 2.05) is 60.7 Å². The summed E-state index contributed by atoms with van der Waals surface area (Å²) in [5.74, 6) is 0. The van der Waals surface area contributed by atoms with Gasteiger partial charge >= 0.3 is 19.5 Å². The standard InChI is InChI=1S/2C7H7.Ru/c2*1-2-7-5-3-4-6-7;/h2*2-6H,1H2;/q2*-1;+2. The zero-order chi connectivity index (χ0) is 10.2. The van der Waals surface area contributed by atoms with E-state index >= 15 is 0 Å². The smallest absolute Gasteiger partial charge is 0.174 e. The molecule has 0 aromatic heterocycles. The van der Waals surface area contributed by atoms with Crippen molar-refractivity contribution in [3.8, 4) is 0 Å². The largest absolute Gasteiger partial charge is 2.00 e. The number of hydrogen-bond acceptors (Lipinski definition) is 0. The minimum Gasteiger partial charge on any atom is -0.174 e. The SMILES string of the molecule is C=C[c-]1cccc1.C=C[c-]1cccc1.[Ru+2]. The Labute approximate surface area is 104 Å². The van der Waals surface area contributed by atoms with Gasteiger partial charge in [-0.25, -0.2) is 0 Å². The van der Waals surface area contributed by atoms with Gasteiger partial charge in [-0.2, -0.15) is 37.4 Å². The summed E-state index contributed by atoms with van der Waals surface area (Å²) in [6.07, 6.45) is 3.67. The van der Waals surface area contributed by atoms with Crippen LogP contribution < -0.4 is 0 Å². The normalized spacial score (nSPS) is 8.00. The molecule has 0 N–H and O–H groups in total. The molecule has 1 heteroatoms. The Balaban J connectivity index is 0.000000245. The van der Waals surface area contributed by atoms with Gasteiger partial charge in [0.05, 0.1) is 0 Å². The Bertz CT molecular complexity index is 314. The van der Waals surface area contributed by atoms with Gasteiger partial charge in [0.15, 0.2) is 0 Å². The molecular weight excluding hydrogens is 269 g/mol. The monoisotopic (exact) mass is 284 g/mol. The molecule has 0 nitrogen and oxygen atoms in total. The maximum absolute atomic E-state index is 3.60. The summed E-state index contributed by atoms with van der Waals surface area (Å²) in [5, 5.41) is 0. The van der Waals surface area contributed by atoms with Gasteiger partial charge in [-0.3, -0.25) is 0 Å². The first-order valence-electron chi connectivity index (χ1n) is 4.55. The molecule has 0 saturated carbocycles. The molecule has 0 aliphatic heterocycles. The molecule has 0 aliphatic rings. The Morgan fingerprint density at radius 1 is 0.667 bits per heavy atom. The van der Waals surface area contributed by atoms with Crippen molar-refractivity contribution in [1.82, 2.24) is 0 Å². The minimum atomic E-state index is 0. The molecule has 0 aliphatic carbocycles. The van der Waals surface area contributed by atoms with Crippen molar-refractivity contribution in [1.29, 1.82) is 0 Å². The van der Waals surface area contributed by atoms with Gasteiger partial charge in [0.25, 0.3) is 0 Å². The first-order valence-corrected chi connectivity index (χ1v) is 4.55. The summed E-state index contributed by atoms with van der Waals surface area (Å²) >= 11 is 0. The van der Waals surface area contributed by atoms with Crippen molar-refractivity contribution >= 4 is 12.2 Å². The molecule has 0 heterocycles. The fourth-order valence-corrected chi connectivity index (χ4v) is 1.05. The van der Waals surface area contributed by atoms with Crippen molar-refractivity contribution in [2.24, 2.45) is 0 Å². The maximum Gasteiger partial charge on any atom is 2.00 e. The average Bonchev–Trinajstić information content (AvgIpc) is 2.92. The van der Waals surface area contributed by atoms with Gasteiger partial charge in [-0.1, -0.05) is 0 Å². The van der Waals surface area contributed by atoms with E-state index in [1.54, 1.807) is 0 Å². The van der Waals surface area contributed by atoms with Crippen LogP contribution in [-0.2, 0) is 19.5 Å². The second-order valence-corrected chi connectivity index (χ2v) is 2.84. The number of hydrogen-bond donors (Lipinski definition) is 0. The van der Waals surface area contributed by atoms with Crippen LogP contribution in [0.15, 0.2) is 61.7 Å².